The molecule has 18 heavy (non-hydrogen) atoms. The molecule has 0 amide bonds. The van der Waals surface area contributed by atoms with Gasteiger partial charge in [-0.05, 0) is 12.8 Å². The van der Waals surface area contributed by atoms with E-state index < -0.39 is 0 Å². The first-order chi connectivity index (χ1) is 8.78. The quantitative estimate of drug-likeness (QED) is 0.753. The summed E-state index contributed by atoms with van der Waals surface area (Å²) >= 11 is 0. The molecule has 1 aliphatic rings. The van der Waals surface area contributed by atoms with E-state index in [0.717, 1.165) is 19.4 Å². The van der Waals surface area contributed by atoms with E-state index in [9.17, 15) is 0 Å². The lowest BCUT2D eigenvalue weighted by atomic mass is 10.2. The van der Waals surface area contributed by atoms with Crippen molar-refractivity contribution in [3.63, 3.8) is 0 Å². The second-order valence-corrected chi connectivity index (χ2v) is 4.26. The molecule has 8 nitrogen and oxygen atoms in total. The first-order valence-corrected chi connectivity index (χ1v) is 5.86. The fraction of sp³-hybridized carbons (Fsp3) is 0.600. The number of ether oxygens (including phenoxy) is 1. The molecule has 1 atom stereocenters. The van der Waals surface area contributed by atoms with Crippen molar-refractivity contribution < 1.29 is 9.84 Å². The number of aliphatic hydroxyl groups is 1. The second kappa shape index (κ2) is 4.46. The van der Waals surface area contributed by atoms with Crippen molar-refractivity contribution in [2.45, 2.75) is 32.1 Å². The highest BCUT2D eigenvalue weighted by Gasteiger charge is 2.19. The Morgan fingerprint density at radius 3 is 3.06 bits per heavy atom. The molecule has 3 N–H and O–H groups in total. The van der Waals surface area contributed by atoms with E-state index >= 15 is 0 Å². The van der Waals surface area contributed by atoms with Gasteiger partial charge >= 0.3 is 0 Å². The lowest BCUT2D eigenvalue weighted by Crippen LogP contribution is -2.16. The molecule has 1 aliphatic heterocycles. The van der Waals surface area contributed by atoms with Crippen molar-refractivity contribution in [3.05, 3.63) is 5.82 Å². The predicted molar refractivity (Wildman–Crippen MR) is 62.4 cm³/mol. The van der Waals surface area contributed by atoms with Crippen LogP contribution in [0.5, 0.6) is 0 Å². The zero-order chi connectivity index (χ0) is 12.5. The van der Waals surface area contributed by atoms with Crippen LogP contribution in [0.25, 0.3) is 11.2 Å². The van der Waals surface area contributed by atoms with E-state index in [0.29, 0.717) is 17.7 Å². The number of aliphatic hydroxyl groups excluding tert-OH is 1. The van der Waals surface area contributed by atoms with Crippen molar-refractivity contribution in [1.82, 2.24) is 25.0 Å². The van der Waals surface area contributed by atoms with E-state index in [1.165, 1.54) is 0 Å². The Bertz CT molecular complexity index is 563. The Labute approximate surface area is 103 Å². The van der Waals surface area contributed by atoms with Gasteiger partial charge in [-0.2, -0.15) is 0 Å². The lowest BCUT2D eigenvalue weighted by molar-refractivity contribution is 0.0944. The highest BCUT2D eigenvalue weighted by molar-refractivity contribution is 5.80. The molecule has 1 saturated heterocycles. The standard InChI is InChI=1S/C10H14N6O2/c11-9-8-10(13-7(5-17)12-9)16(15-14-8)4-6-2-1-3-18-6/h6,17H,1-5H2,(H2,11,12,13). The fourth-order valence-electron chi connectivity index (χ4n) is 2.10. The number of anilines is 1. The molecule has 0 aromatic carbocycles. The van der Waals surface area contributed by atoms with Crippen LogP contribution >= 0.6 is 0 Å². The predicted octanol–water partition coefficient (Wildman–Crippen LogP) is -0.525. The molecule has 3 heterocycles. The van der Waals surface area contributed by atoms with Crippen LogP contribution in [-0.2, 0) is 17.9 Å². The van der Waals surface area contributed by atoms with Crippen molar-refractivity contribution in [2.24, 2.45) is 0 Å². The highest BCUT2D eigenvalue weighted by Crippen LogP contribution is 2.18. The normalized spacial score (nSPS) is 19.7. The van der Waals surface area contributed by atoms with Gasteiger partial charge in [0.2, 0.25) is 0 Å². The molecule has 0 bridgehead atoms. The van der Waals surface area contributed by atoms with Crippen molar-refractivity contribution in [2.75, 3.05) is 12.3 Å². The summed E-state index contributed by atoms with van der Waals surface area (Å²) < 4.78 is 7.20. The average molecular weight is 250 g/mol. The smallest absolute Gasteiger partial charge is 0.184 e. The van der Waals surface area contributed by atoms with Gasteiger partial charge in [-0.3, -0.25) is 0 Å². The summed E-state index contributed by atoms with van der Waals surface area (Å²) in [7, 11) is 0. The summed E-state index contributed by atoms with van der Waals surface area (Å²) in [6.07, 6.45) is 2.22. The van der Waals surface area contributed by atoms with E-state index in [1.54, 1.807) is 4.68 Å². The molecule has 8 heteroatoms. The molecular formula is C10H14N6O2. The summed E-state index contributed by atoms with van der Waals surface area (Å²) in [6.45, 7) is 1.12. The van der Waals surface area contributed by atoms with Crippen LogP contribution in [0.1, 0.15) is 18.7 Å². The van der Waals surface area contributed by atoms with Gasteiger partial charge in [0.15, 0.2) is 22.8 Å². The molecular weight excluding hydrogens is 236 g/mol. The largest absolute Gasteiger partial charge is 0.388 e. The molecule has 2 aromatic heterocycles. The first-order valence-electron chi connectivity index (χ1n) is 5.86. The van der Waals surface area contributed by atoms with E-state index in [1.807, 2.05) is 0 Å². The Morgan fingerprint density at radius 1 is 1.44 bits per heavy atom. The van der Waals surface area contributed by atoms with Gasteiger partial charge in [-0.1, -0.05) is 5.21 Å². The molecule has 96 valence electrons. The van der Waals surface area contributed by atoms with Gasteiger partial charge in [-0.15, -0.1) is 5.10 Å². The topological polar surface area (TPSA) is 112 Å². The molecule has 1 fully saturated rings. The molecule has 3 rings (SSSR count). The van der Waals surface area contributed by atoms with Crippen LogP contribution in [0.3, 0.4) is 0 Å². The Kier molecular flexibility index (Phi) is 2.80. The lowest BCUT2D eigenvalue weighted by Gasteiger charge is -2.09. The summed E-state index contributed by atoms with van der Waals surface area (Å²) in [4.78, 5) is 8.13. The summed E-state index contributed by atoms with van der Waals surface area (Å²) in [5, 5.41) is 17.1. The van der Waals surface area contributed by atoms with E-state index in [-0.39, 0.29) is 24.4 Å². The maximum atomic E-state index is 9.08. The van der Waals surface area contributed by atoms with Gasteiger partial charge in [0.25, 0.3) is 0 Å². The number of aromatic nitrogens is 5. The first kappa shape index (κ1) is 11.3. The Balaban J connectivity index is 1.98. The van der Waals surface area contributed by atoms with Gasteiger partial charge < -0.3 is 15.6 Å². The van der Waals surface area contributed by atoms with Gasteiger partial charge in [0.1, 0.15) is 6.61 Å². The third-order valence-electron chi connectivity index (χ3n) is 2.98. The van der Waals surface area contributed by atoms with Crippen LogP contribution in [0, 0.1) is 0 Å². The van der Waals surface area contributed by atoms with Crippen LogP contribution in [0.4, 0.5) is 5.82 Å². The van der Waals surface area contributed by atoms with Crippen LogP contribution in [-0.4, -0.2) is 42.8 Å². The fourth-order valence-corrected chi connectivity index (χ4v) is 2.10. The second-order valence-electron chi connectivity index (χ2n) is 4.26. The van der Waals surface area contributed by atoms with Gasteiger partial charge in [0, 0.05) is 6.61 Å². The number of nitrogen functional groups attached to an aromatic ring is 1. The minimum Gasteiger partial charge on any atom is -0.388 e. The van der Waals surface area contributed by atoms with Gasteiger partial charge in [-0.25, -0.2) is 14.6 Å². The van der Waals surface area contributed by atoms with E-state index in [4.69, 9.17) is 15.6 Å². The molecule has 1 unspecified atom stereocenters. The van der Waals surface area contributed by atoms with Crippen LogP contribution < -0.4 is 5.73 Å². The molecule has 0 aliphatic carbocycles. The highest BCUT2D eigenvalue weighted by atomic mass is 16.5. The molecule has 0 spiro atoms. The molecule has 2 aromatic rings. The average Bonchev–Trinajstić information content (AvgIpc) is 3.00. The zero-order valence-electron chi connectivity index (χ0n) is 9.78. The molecule has 0 saturated carbocycles. The van der Waals surface area contributed by atoms with Crippen molar-refractivity contribution in [1.29, 1.82) is 0 Å². The van der Waals surface area contributed by atoms with Crippen molar-refractivity contribution >= 4 is 17.0 Å². The summed E-state index contributed by atoms with van der Waals surface area (Å²) in [5.74, 6) is 0.513. The monoisotopic (exact) mass is 250 g/mol. The zero-order valence-corrected chi connectivity index (χ0v) is 9.78. The Morgan fingerprint density at radius 2 is 2.33 bits per heavy atom. The minimum absolute atomic E-state index is 0.142. The third kappa shape index (κ3) is 1.89. The van der Waals surface area contributed by atoms with Crippen LogP contribution in [0.2, 0.25) is 0 Å². The number of hydrogen-bond acceptors (Lipinski definition) is 7. The number of rotatable bonds is 3. The molecule has 0 radical (unpaired) electrons. The van der Waals surface area contributed by atoms with Crippen molar-refractivity contribution in [3.8, 4) is 0 Å². The van der Waals surface area contributed by atoms with Gasteiger partial charge in [0.05, 0.1) is 12.6 Å². The SMILES string of the molecule is Nc1nc(CO)nc2c1nnn2CC1CCCO1. The minimum atomic E-state index is -0.259. The summed E-state index contributed by atoms with van der Waals surface area (Å²) in [5.41, 5.74) is 6.75. The number of nitrogens with two attached hydrogens (primary N) is 1. The number of nitrogens with zero attached hydrogens (tertiary/aromatic N) is 5. The Hall–Kier alpha value is -1.80. The number of fused-ring (bicyclic) bond motifs is 1. The maximum Gasteiger partial charge on any atom is 0.184 e. The van der Waals surface area contributed by atoms with Crippen LogP contribution in [0.15, 0.2) is 0 Å². The maximum absolute atomic E-state index is 9.08. The summed E-state index contributed by atoms with van der Waals surface area (Å²) in [6, 6.07) is 0. The van der Waals surface area contributed by atoms with E-state index in [2.05, 4.69) is 20.3 Å². The number of hydrogen-bond donors (Lipinski definition) is 2. The third-order valence-corrected chi connectivity index (χ3v) is 2.98.